The summed E-state index contributed by atoms with van der Waals surface area (Å²) in [6, 6.07) is 20.4. The van der Waals surface area contributed by atoms with Gasteiger partial charge >= 0.3 is 0 Å². The van der Waals surface area contributed by atoms with E-state index in [0.29, 0.717) is 84.1 Å². The fourth-order valence-corrected chi connectivity index (χ4v) is 9.53. The maximum atomic E-state index is 13.9. The molecule has 0 radical (unpaired) electrons. The van der Waals surface area contributed by atoms with Crippen LogP contribution in [0.5, 0.6) is 28.7 Å². The molecule has 80 heavy (non-hydrogen) atoms. The Morgan fingerprint density at radius 1 is 0.762 bits per heavy atom. The number of fused-ring (bicyclic) bond motifs is 2. The number of nitrogens with one attached hydrogen (secondary N) is 3. The molecule has 4 aromatic carbocycles. The van der Waals surface area contributed by atoms with E-state index in [9.17, 15) is 33.6 Å². The van der Waals surface area contributed by atoms with Crippen molar-refractivity contribution in [2.24, 2.45) is 15.9 Å². The molecule has 20 nitrogen and oxygen atoms in total. The van der Waals surface area contributed by atoms with Gasteiger partial charge in [-0.15, -0.1) is 0 Å². The molecule has 4 aliphatic heterocycles. The van der Waals surface area contributed by atoms with E-state index in [4.69, 9.17) is 33.7 Å². The first kappa shape index (κ1) is 57.1. The number of carbonyl (C=O) groups excluding carboxylic acids is 7. The van der Waals surface area contributed by atoms with Crippen LogP contribution in [0.3, 0.4) is 0 Å². The number of rotatable bonds is 26. The predicted octanol–water partition coefficient (Wildman–Crippen LogP) is 7.50. The van der Waals surface area contributed by atoms with E-state index >= 15 is 0 Å². The highest BCUT2D eigenvalue weighted by atomic mass is 16.5. The minimum absolute atomic E-state index is 0.166. The first-order valence-electron chi connectivity index (χ1n) is 26.5. The molecule has 8 rings (SSSR count). The topological polar surface area (TPSA) is 236 Å². The van der Waals surface area contributed by atoms with Gasteiger partial charge in [0.1, 0.15) is 11.8 Å². The standard InChI is InChI=1S/C60H66N8O12/c1-37(2)58(65-54(70)11-8-7-9-22-67-56(72)20-21-57(67)73)59(74)63-33-55(71)64-43-16-12-39(13-17-43)41-26-44(66(34-41)36-69)31-61-48-29-52(50(77-5)25-38(48)3)79-23-10-24-80-53-30-49-47(28-51(53)78-6)60(75)68-35-42(27-45(68)32-62-49)40-14-18-46(76-4)19-15-40/h12-21,25,28-32,34-37,44-45,58H,7-11,22-24,26-27,33H2,1-6H3,(H,63,74)(H,64,71)(H,65,70)/b61-31-. The Kier molecular flexibility index (Phi) is 18.9. The molecule has 418 valence electrons. The van der Waals surface area contributed by atoms with Gasteiger partial charge < -0.3 is 49.4 Å². The number of nitrogens with zero attached hydrogens (tertiary/aromatic N) is 5. The SMILES string of the molecule is COc1ccc(C2=CN3C(=O)c4cc(OC)c(OCCCOc5cc(/N=C\C6CC(c7ccc(NC(=O)CNC(=O)C(NC(=O)CCCCCN8C(=O)C=CC8=O)C(C)C)cc7)=CN6C=O)c(C)cc5OC)cc4N=CC3C2)cc1. The highest BCUT2D eigenvalue weighted by Crippen LogP contribution is 2.41. The van der Waals surface area contributed by atoms with E-state index in [1.807, 2.05) is 55.6 Å². The third-order valence-corrected chi connectivity index (χ3v) is 14.0. The van der Waals surface area contributed by atoms with Crippen LogP contribution in [0.1, 0.15) is 85.8 Å². The molecular weight excluding hydrogens is 1020 g/mol. The van der Waals surface area contributed by atoms with Gasteiger partial charge in [-0.05, 0) is 89.9 Å². The van der Waals surface area contributed by atoms with Crippen LogP contribution in [0.15, 0.2) is 107 Å². The Labute approximate surface area is 464 Å². The summed E-state index contributed by atoms with van der Waals surface area (Å²) in [4.78, 5) is 102. The molecule has 3 atom stereocenters. The van der Waals surface area contributed by atoms with Gasteiger partial charge in [0.05, 0.1) is 70.1 Å². The molecule has 4 heterocycles. The van der Waals surface area contributed by atoms with E-state index < -0.39 is 17.9 Å². The van der Waals surface area contributed by atoms with Gasteiger partial charge in [0, 0.05) is 87.0 Å². The van der Waals surface area contributed by atoms with Crippen molar-refractivity contribution in [3.63, 3.8) is 0 Å². The number of anilines is 1. The van der Waals surface area contributed by atoms with Crippen LogP contribution in [-0.2, 0) is 28.8 Å². The number of hydrogen-bond donors (Lipinski definition) is 3. The van der Waals surface area contributed by atoms with Crippen molar-refractivity contribution in [1.82, 2.24) is 25.3 Å². The predicted molar refractivity (Wildman–Crippen MR) is 302 cm³/mol. The zero-order valence-corrected chi connectivity index (χ0v) is 45.7. The van der Waals surface area contributed by atoms with Gasteiger partial charge in [0.25, 0.3) is 17.7 Å². The molecular formula is C60H66N8O12. The summed E-state index contributed by atoms with van der Waals surface area (Å²) in [6.45, 7) is 6.01. The van der Waals surface area contributed by atoms with Crippen molar-refractivity contribution in [2.75, 3.05) is 52.9 Å². The lowest BCUT2D eigenvalue weighted by Crippen LogP contribution is -2.51. The number of unbranched alkanes of at least 4 members (excludes halogenated alkanes) is 2. The fourth-order valence-electron chi connectivity index (χ4n) is 9.53. The largest absolute Gasteiger partial charge is 0.497 e. The number of aliphatic imine (C=N–C) groups is 2. The lowest BCUT2D eigenvalue weighted by Gasteiger charge is -2.21. The Morgan fingerprint density at radius 3 is 2.09 bits per heavy atom. The van der Waals surface area contributed by atoms with Gasteiger partial charge in [0.2, 0.25) is 24.1 Å². The lowest BCUT2D eigenvalue weighted by atomic mass is 10.0. The van der Waals surface area contributed by atoms with Crippen molar-refractivity contribution in [3.05, 3.63) is 120 Å². The molecule has 4 aromatic rings. The minimum atomic E-state index is -0.855. The van der Waals surface area contributed by atoms with Gasteiger partial charge in [-0.1, -0.05) is 44.5 Å². The molecule has 0 spiro atoms. The Balaban J connectivity index is 0.785. The van der Waals surface area contributed by atoms with Crippen LogP contribution < -0.4 is 39.6 Å². The molecule has 0 fully saturated rings. The van der Waals surface area contributed by atoms with Crippen molar-refractivity contribution < 1.29 is 57.2 Å². The lowest BCUT2D eigenvalue weighted by molar-refractivity contribution is -0.137. The summed E-state index contributed by atoms with van der Waals surface area (Å²) in [5, 5.41) is 8.16. The quantitative estimate of drug-likeness (QED) is 0.0240. The summed E-state index contributed by atoms with van der Waals surface area (Å²) in [5.41, 5.74) is 6.62. The molecule has 0 saturated carbocycles. The van der Waals surface area contributed by atoms with Gasteiger partial charge in [-0.3, -0.25) is 48.4 Å². The normalized spacial score (nSPS) is 16.7. The average Bonchev–Trinajstić information content (AvgIpc) is 4.24. The van der Waals surface area contributed by atoms with Crippen molar-refractivity contribution in [3.8, 4) is 28.7 Å². The average molecular weight is 1090 g/mol. The van der Waals surface area contributed by atoms with E-state index in [-0.39, 0.29) is 74.4 Å². The number of carbonyl (C=O) groups is 7. The Hall–Kier alpha value is -9.07. The van der Waals surface area contributed by atoms with Crippen LogP contribution in [0.25, 0.3) is 11.1 Å². The van der Waals surface area contributed by atoms with E-state index in [1.54, 1.807) is 86.8 Å². The maximum Gasteiger partial charge on any atom is 0.260 e. The number of hydrogen-bond acceptors (Lipinski definition) is 14. The Bertz CT molecular complexity index is 3130. The van der Waals surface area contributed by atoms with Crippen LogP contribution >= 0.6 is 0 Å². The van der Waals surface area contributed by atoms with Crippen LogP contribution in [0.2, 0.25) is 0 Å². The fraction of sp³-hybridized carbons (Fsp3) is 0.350. The number of aryl methyl sites for hydroxylation is 1. The molecule has 20 heteroatoms. The first-order chi connectivity index (χ1) is 38.7. The molecule has 3 N–H and O–H groups in total. The zero-order valence-electron chi connectivity index (χ0n) is 45.7. The monoisotopic (exact) mass is 1090 g/mol. The van der Waals surface area contributed by atoms with Crippen molar-refractivity contribution in [2.45, 2.75) is 83.8 Å². The second-order valence-electron chi connectivity index (χ2n) is 19.9. The third-order valence-electron chi connectivity index (χ3n) is 14.0. The van der Waals surface area contributed by atoms with Gasteiger partial charge in [0.15, 0.2) is 23.0 Å². The first-order valence-corrected chi connectivity index (χ1v) is 26.5. The van der Waals surface area contributed by atoms with Crippen LogP contribution in [0.4, 0.5) is 17.1 Å². The molecule has 0 bridgehead atoms. The summed E-state index contributed by atoms with van der Waals surface area (Å²) in [5.74, 6) is 0.252. The van der Waals surface area contributed by atoms with Gasteiger partial charge in [-0.2, -0.15) is 0 Å². The van der Waals surface area contributed by atoms with Crippen molar-refractivity contribution >= 4 is 82.5 Å². The summed E-state index contributed by atoms with van der Waals surface area (Å²) in [7, 11) is 4.71. The molecule has 3 unspecified atom stereocenters. The molecule has 4 aliphatic rings. The number of ether oxygens (including phenoxy) is 5. The zero-order chi connectivity index (χ0) is 56.9. The summed E-state index contributed by atoms with van der Waals surface area (Å²) in [6.07, 6.45) is 13.8. The highest BCUT2D eigenvalue weighted by molar-refractivity contribution is 6.13. The molecule has 7 amide bonds. The van der Waals surface area contributed by atoms with Crippen LogP contribution in [0, 0.1) is 12.8 Å². The van der Waals surface area contributed by atoms with E-state index in [1.165, 1.54) is 19.3 Å². The van der Waals surface area contributed by atoms with E-state index in [0.717, 1.165) is 44.9 Å². The second-order valence-corrected chi connectivity index (χ2v) is 19.9. The molecule has 0 saturated heterocycles. The molecule has 0 aromatic heterocycles. The number of methoxy groups -OCH3 is 3. The summed E-state index contributed by atoms with van der Waals surface area (Å²) >= 11 is 0. The van der Waals surface area contributed by atoms with Gasteiger partial charge in [-0.25, -0.2) is 0 Å². The highest BCUT2D eigenvalue weighted by Gasteiger charge is 2.34. The Morgan fingerprint density at radius 2 is 1.43 bits per heavy atom. The number of amides is 7. The number of benzene rings is 4. The molecule has 0 aliphatic carbocycles. The number of imide groups is 1. The minimum Gasteiger partial charge on any atom is -0.497 e. The maximum absolute atomic E-state index is 13.9. The third kappa shape index (κ3) is 14.0. The summed E-state index contributed by atoms with van der Waals surface area (Å²) < 4.78 is 29.0. The smallest absolute Gasteiger partial charge is 0.260 e. The van der Waals surface area contributed by atoms with Crippen LogP contribution in [-0.4, -0.2) is 135 Å². The second kappa shape index (κ2) is 26.5. The van der Waals surface area contributed by atoms with Crippen molar-refractivity contribution in [1.29, 1.82) is 0 Å². The van der Waals surface area contributed by atoms with E-state index in [2.05, 4.69) is 16.0 Å².